The quantitative estimate of drug-likeness (QED) is 0.638. The van der Waals surface area contributed by atoms with E-state index in [1.165, 1.54) is 30.4 Å². The summed E-state index contributed by atoms with van der Waals surface area (Å²) in [6.07, 6.45) is 12.2. The average Bonchev–Trinajstić information content (AvgIpc) is 2.48. The first kappa shape index (κ1) is 14.3. The minimum atomic E-state index is -0.0677. The third kappa shape index (κ3) is 3.24. The Balaban J connectivity index is 2.23. The number of nitrogens with zero attached hydrogens (tertiary/aromatic N) is 1. The Morgan fingerprint density at radius 2 is 2.11 bits per heavy atom. The van der Waals surface area contributed by atoms with Crippen LogP contribution in [0.3, 0.4) is 0 Å². The summed E-state index contributed by atoms with van der Waals surface area (Å²) in [5.41, 5.74) is 2.49. The molecule has 2 nitrogen and oxygen atoms in total. The fraction of sp³-hybridized carbons (Fsp3) is 0.588. The van der Waals surface area contributed by atoms with E-state index < -0.39 is 0 Å². The van der Waals surface area contributed by atoms with Crippen molar-refractivity contribution in [3.05, 3.63) is 42.2 Å². The van der Waals surface area contributed by atoms with Crippen molar-refractivity contribution in [3.63, 3.8) is 0 Å². The first-order valence-corrected chi connectivity index (χ1v) is 7.48. The Hall–Kier alpha value is -1.15. The number of aliphatic hydroxyl groups excluding tert-OH is 1. The summed E-state index contributed by atoms with van der Waals surface area (Å²) in [6.45, 7) is 6.48. The number of aromatic nitrogens is 1. The summed E-state index contributed by atoms with van der Waals surface area (Å²) < 4.78 is 2.25. The van der Waals surface area contributed by atoms with E-state index in [0.717, 1.165) is 25.7 Å². The Morgan fingerprint density at radius 1 is 1.37 bits per heavy atom. The van der Waals surface area contributed by atoms with Crippen molar-refractivity contribution in [2.45, 2.75) is 57.4 Å². The topological polar surface area (TPSA) is 24.1 Å². The van der Waals surface area contributed by atoms with Gasteiger partial charge < -0.3 is 5.11 Å². The van der Waals surface area contributed by atoms with Gasteiger partial charge in [-0.1, -0.05) is 25.5 Å². The van der Waals surface area contributed by atoms with E-state index in [1.807, 2.05) is 0 Å². The van der Waals surface area contributed by atoms with Crippen molar-refractivity contribution in [2.75, 3.05) is 6.61 Å². The molecule has 0 radical (unpaired) electrons. The summed E-state index contributed by atoms with van der Waals surface area (Å²) in [5, 5.41) is 9.88. The Bertz CT molecular complexity index is 433. The number of aliphatic hydroxyl groups is 1. The van der Waals surface area contributed by atoms with Gasteiger partial charge in [-0.15, -0.1) is 0 Å². The smallest absolute Gasteiger partial charge is 0.190 e. The van der Waals surface area contributed by atoms with Gasteiger partial charge in [-0.3, -0.25) is 0 Å². The lowest BCUT2D eigenvalue weighted by atomic mass is 9.82. The average molecular weight is 260 g/mol. The van der Waals surface area contributed by atoms with Crippen molar-refractivity contribution in [1.29, 1.82) is 0 Å². The van der Waals surface area contributed by atoms with Crippen LogP contribution in [-0.2, 0) is 12.0 Å². The molecule has 0 spiro atoms. The molecule has 2 rings (SSSR count). The monoisotopic (exact) mass is 260 g/mol. The lowest BCUT2D eigenvalue weighted by Gasteiger charge is -2.30. The van der Waals surface area contributed by atoms with E-state index in [-0.39, 0.29) is 12.1 Å². The van der Waals surface area contributed by atoms with E-state index in [1.54, 1.807) is 0 Å². The molecule has 0 aliphatic heterocycles. The van der Waals surface area contributed by atoms with Gasteiger partial charge in [-0.05, 0) is 31.7 Å². The van der Waals surface area contributed by atoms with Gasteiger partial charge in [0.2, 0.25) is 0 Å². The fourth-order valence-electron chi connectivity index (χ4n) is 3.05. The number of pyridine rings is 1. The van der Waals surface area contributed by atoms with E-state index in [2.05, 4.69) is 42.6 Å². The highest BCUT2D eigenvalue weighted by Crippen LogP contribution is 2.30. The van der Waals surface area contributed by atoms with E-state index in [9.17, 15) is 5.11 Å². The normalized spacial score (nSPS) is 18.2. The van der Waals surface area contributed by atoms with Crippen LogP contribution in [0.15, 0.2) is 36.7 Å². The molecule has 0 aromatic carbocycles. The number of hydrogen-bond acceptors (Lipinski definition) is 1. The molecule has 1 fully saturated rings. The van der Waals surface area contributed by atoms with Gasteiger partial charge in [-0.25, -0.2) is 0 Å². The Labute approximate surface area is 116 Å². The van der Waals surface area contributed by atoms with Crippen LogP contribution < -0.4 is 4.57 Å². The van der Waals surface area contributed by atoms with E-state index >= 15 is 0 Å². The lowest BCUT2D eigenvalue weighted by Crippen LogP contribution is -2.59. The number of allylic oxidation sites excluding steroid dienone is 1. The molecule has 0 amide bonds. The maximum Gasteiger partial charge on any atom is 0.190 e. The molecule has 0 bridgehead atoms. The first-order valence-electron chi connectivity index (χ1n) is 7.48. The predicted octanol–water partition coefficient (Wildman–Crippen LogP) is 3.13. The standard InChI is InChI=1S/C17H26NO/c1-3-15(2)12-16-8-7-11-18(13-16)17(14-19)9-5-4-6-10-17/h7-8,11,13,19H,2-6,9-10,12,14H2,1H3/q+1. The van der Waals surface area contributed by atoms with Crippen LogP contribution in [0.4, 0.5) is 0 Å². The first-order chi connectivity index (χ1) is 9.20. The molecule has 19 heavy (non-hydrogen) atoms. The molecule has 104 valence electrons. The van der Waals surface area contributed by atoms with Gasteiger partial charge in [0.05, 0.1) is 0 Å². The van der Waals surface area contributed by atoms with Crippen LogP contribution in [0.5, 0.6) is 0 Å². The lowest BCUT2D eigenvalue weighted by molar-refractivity contribution is -0.770. The predicted molar refractivity (Wildman–Crippen MR) is 77.9 cm³/mol. The largest absolute Gasteiger partial charge is 0.389 e. The molecule has 0 saturated heterocycles. The maximum absolute atomic E-state index is 9.88. The zero-order valence-electron chi connectivity index (χ0n) is 12.1. The summed E-state index contributed by atoms with van der Waals surface area (Å²) >= 11 is 0. The van der Waals surface area contributed by atoms with Gasteiger partial charge in [0.1, 0.15) is 6.61 Å². The maximum atomic E-state index is 9.88. The third-order valence-electron chi connectivity index (χ3n) is 4.44. The number of hydrogen-bond donors (Lipinski definition) is 1. The molecule has 0 atom stereocenters. The van der Waals surface area contributed by atoms with Crippen LogP contribution in [-0.4, -0.2) is 11.7 Å². The molecular weight excluding hydrogens is 234 g/mol. The van der Waals surface area contributed by atoms with Crippen LogP contribution in [0.25, 0.3) is 0 Å². The van der Waals surface area contributed by atoms with Crippen molar-refractivity contribution in [1.82, 2.24) is 0 Å². The molecule has 1 aromatic heterocycles. The molecular formula is C17H26NO+. The van der Waals surface area contributed by atoms with Crippen LogP contribution in [0.2, 0.25) is 0 Å². The summed E-state index contributed by atoms with van der Waals surface area (Å²) in [7, 11) is 0. The van der Waals surface area contributed by atoms with Gasteiger partial charge >= 0.3 is 0 Å². The molecule has 1 N–H and O–H groups in total. The zero-order valence-corrected chi connectivity index (χ0v) is 12.1. The molecule has 1 saturated carbocycles. The fourth-order valence-corrected chi connectivity index (χ4v) is 3.05. The highest BCUT2D eigenvalue weighted by Gasteiger charge is 2.40. The zero-order chi connectivity index (χ0) is 13.7. The van der Waals surface area contributed by atoms with Crippen molar-refractivity contribution in [2.24, 2.45) is 0 Å². The van der Waals surface area contributed by atoms with E-state index in [0.29, 0.717) is 0 Å². The minimum Gasteiger partial charge on any atom is -0.389 e. The third-order valence-corrected chi connectivity index (χ3v) is 4.44. The highest BCUT2D eigenvalue weighted by molar-refractivity contribution is 5.14. The summed E-state index contributed by atoms with van der Waals surface area (Å²) in [5.74, 6) is 0. The Morgan fingerprint density at radius 3 is 2.74 bits per heavy atom. The molecule has 1 aliphatic rings. The molecule has 1 heterocycles. The van der Waals surface area contributed by atoms with Gasteiger partial charge in [0.25, 0.3) is 0 Å². The second kappa shape index (κ2) is 6.33. The Kier molecular flexibility index (Phi) is 4.76. The second-order valence-corrected chi connectivity index (χ2v) is 5.84. The summed E-state index contributed by atoms with van der Waals surface area (Å²) in [4.78, 5) is 0. The molecule has 1 aliphatic carbocycles. The van der Waals surface area contributed by atoms with Gasteiger partial charge in [0.15, 0.2) is 17.9 Å². The SMILES string of the molecule is C=C(CC)Cc1ccc[n+](C2(CO)CCCCC2)c1. The van der Waals surface area contributed by atoms with Crippen molar-refractivity contribution < 1.29 is 9.67 Å². The van der Waals surface area contributed by atoms with Crippen molar-refractivity contribution in [3.8, 4) is 0 Å². The van der Waals surface area contributed by atoms with Crippen molar-refractivity contribution >= 4 is 0 Å². The minimum absolute atomic E-state index is 0.0677. The second-order valence-electron chi connectivity index (χ2n) is 5.84. The van der Waals surface area contributed by atoms with Crippen LogP contribution in [0.1, 0.15) is 51.0 Å². The molecule has 1 aromatic rings. The molecule has 2 heteroatoms. The van der Waals surface area contributed by atoms with Crippen LogP contribution >= 0.6 is 0 Å². The van der Waals surface area contributed by atoms with Gasteiger partial charge in [-0.2, -0.15) is 4.57 Å². The van der Waals surface area contributed by atoms with E-state index in [4.69, 9.17) is 0 Å². The van der Waals surface area contributed by atoms with Gasteiger partial charge in [0, 0.05) is 24.5 Å². The molecule has 0 unspecified atom stereocenters. The summed E-state index contributed by atoms with van der Waals surface area (Å²) in [6, 6.07) is 4.26. The number of rotatable bonds is 5. The van der Waals surface area contributed by atoms with Crippen LogP contribution in [0, 0.1) is 0 Å². The highest BCUT2D eigenvalue weighted by atomic mass is 16.3.